The van der Waals surface area contributed by atoms with E-state index in [0.29, 0.717) is 17.3 Å². The first-order valence-corrected chi connectivity index (χ1v) is 12.3. The van der Waals surface area contributed by atoms with Crippen LogP contribution < -0.4 is 15.6 Å². The van der Waals surface area contributed by atoms with Crippen molar-refractivity contribution >= 4 is 45.4 Å². The predicted molar refractivity (Wildman–Crippen MR) is 110 cm³/mol. The number of unbranched alkanes of at least 4 members (excludes halogenated alkanes) is 1. The highest BCUT2D eigenvalue weighted by molar-refractivity contribution is 7.89. The lowest BCUT2D eigenvalue weighted by Crippen LogP contribution is -2.29. The van der Waals surface area contributed by atoms with Crippen molar-refractivity contribution in [1.82, 2.24) is 9.71 Å². The van der Waals surface area contributed by atoms with Gasteiger partial charge < -0.3 is 14.0 Å². The fourth-order valence-corrected chi connectivity index (χ4v) is 5.85. The maximum absolute atomic E-state index is 13.0. The molecular formula is C17H24ClN2O6PS. The predicted octanol–water partition coefficient (Wildman–Crippen LogP) is 3.15. The van der Waals surface area contributed by atoms with Gasteiger partial charge in [0.25, 0.3) is 5.56 Å². The van der Waals surface area contributed by atoms with Crippen LogP contribution in [0.4, 0.5) is 0 Å². The lowest BCUT2D eigenvalue weighted by Gasteiger charge is -2.17. The summed E-state index contributed by atoms with van der Waals surface area (Å²) in [5.41, 5.74) is -0.337. The van der Waals surface area contributed by atoms with Gasteiger partial charge in [-0.15, -0.1) is 0 Å². The van der Waals surface area contributed by atoms with Crippen LogP contribution in [0.2, 0.25) is 5.02 Å². The first kappa shape index (κ1) is 23.1. The molecule has 0 unspecified atom stereocenters. The Kier molecular flexibility index (Phi) is 7.84. The number of benzene rings is 1. The third kappa shape index (κ3) is 5.03. The van der Waals surface area contributed by atoms with Gasteiger partial charge in [-0.3, -0.25) is 9.36 Å². The Labute approximate surface area is 169 Å². The smallest absolute Gasteiger partial charge is 0.321 e. The van der Waals surface area contributed by atoms with Crippen LogP contribution in [-0.4, -0.2) is 33.2 Å². The van der Waals surface area contributed by atoms with Gasteiger partial charge in [-0.2, -0.15) is 0 Å². The van der Waals surface area contributed by atoms with Crippen LogP contribution in [0.25, 0.3) is 10.9 Å². The summed E-state index contributed by atoms with van der Waals surface area (Å²) in [6.07, 6.45) is 1.52. The van der Waals surface area contributed by atoms with Gasteiger partial charge in [0.1, 0.15) is 10.2 Å². The van der Waals surface area contributed by atoms with Crippen LogP contribution in [-0.2, 0) is 23.6 Å². The van der Waals surface area contributed by atoms with E-state index in [4.69, 9.17) is 20.6 Å². The largest absolute Gasteiger partial charge is 0.366 e. The number of hydrogen-bond acceptors (Lipinski definition) is 6. The molecule has 0 aliphatic rings. The zero-order valence-electron chi connectivity index (χ0n) is 16.0. The van der Waals surface area contributed by atoms with E-state index in [1.807, 2.05) is 6.92 Å². The lowest BCUT2D eigenvalue weighted by molar-refractivity contribution is 0.229. The van der Waals surface area contributed by atoms with Crippen molar-refractivity contribution in [1.29, 1.82) is 0 Å². The minimum atomic E-state index is -3.84. The van der Waals surface area contributed by atoms with E-state index < -0.39 is 23.2 Å². The summed E-state index contributed by atoms with van der Waals surface area (Å²) in [5, 5.41) is 0.125. The molecule has 0 aliphatic heterocycles. The number of pyridine rings is 1. The first-order valence-electron chi connectivity index (χ1n) is 8.94. The van der Waals surface area contributed by atoms with E-state index >= 15 is 0 Å². The summed E-state index contributed by atoms with van der Waals surface area (Å²) < 4.78 is 51.0. The minimum absolute atomic E-state index is 0.0299. The molecular weight excluding hydrogens is 427 g/mol. The molecule has 2 N–H and O–H groups in total. The lowest BCUT2D eigenvalue weighted by atomic mass is 10.2. The van der Waals surface area contributed by atoms with E-state index in [1.54, 1.807) is 13.8 Å². The summed E-state index contributed by atoms with van der Waals surface area (Å²) in [6.45, 7) is 5.66. The van der Waals surface area contributed by atoms with Crippen LogP contribution >= 0.6 is 19.2 Å². The van der Waals surface area contributed by atoms with Gasteiger partial charge in [0.15, 0.2) is 0 Å². The summed E-state index contributed by atoms with van der Waals surface area (Å²) in [6, 6.07) is 4.00. The molecule has 1 aromatic heterocycles. The van der Waals surface area contributed by atoms with Crippen molar-refractivity contribution in [3.63, 3.8) is 0 Å². The number of fused-ring (bicyclic) bond motifs is 1. The number of sulfonamides is 1. The number of halogens is 1. The fourth-order valence-electron chi connectivity index (χ4n) is 2.58. The van der Waals surface area contributed by atoms with Gasteiger partial charge >= 0.3 is 7.60 Å². The van der Waals surface area contributed by atoms with E-state index in [-0.39, 0.29) is 35.0 Å². The highest BCUT2D eigenvalue weighted by Crippen LogP contribution is 2.46. The van der Waals surface area contributed by atoms with Gasteiger partial charge in [0.2, 0.25) is 10.0 Å². The van der Waals surface area contributed by atoms with E-state index in [2.05, 4.69) is 9.71 Å². The Morgan fingerprint density at radius 2 is 1.79 bits per heavy atom. The SMILES string of the molecule is CCCCNS(=O)(=O)c1cc2cc(P(=O)(OCC)OCC)c(=O)[nH]c2cc1Cl. The average molecular weight is 451 g/mol. The molecule has 0 spiro atoms. The maximum atomic E-state index is 13.0. The Morgan fingerprint density at radius 1 is 1.14 bits per heavy atom. The second kappa shape index (κ2) is 9.52. The van der Waals surface area contributed by atoms with Crippen LogP contribution in [0.1, 0.15) is 33.6 Å². The van der Waals surface area contributed by atoms with Crippen molar-refractivity contribution in [3.05, 3.63) is 33.6 Å². The van der Waals surface area contributed by atoms with Crippen LogP contribution in [0, 0.1) is 0 Å². The number of rotatable bonds is 10. The molecule has 0 bridgehead atoms. The Balaban J connectivity index is 2.62. The normalized spacial score (nSPS) is 12.6. The number of nitrogens with one attached hydrogen (secondary N) is 2. The molecule has 28 heavy (non-hydrogen) atoms. The molecule has 0 radical (unpaired) electrons. The maximum Gasteiger partial charge on any atom is 0.366 e. The first-order chi connectivity index (χ1) is 13.2. The number of aromatic nitrogens is 1. The van der Waals surface area contributed by atoms with Crippen molar-refractivity contribution in [2.45, 2.75) is 38.5 Å². The molecule has 1 heterocycles. The minimum Gasteiger partial charge on any atom is -0.321 e. The monoisotopic (exact) mass is 450 g/mol. The fraction of sp³-hybridized carbons (Fsp3) is 0.471. The topological polar surface area (TPSA) is 115 Å². The molecule has 11 heteroatoms. The molecule has 0 saturated carbocycles. The molecule has 1 aromatic carbocycles. The molecule has 2 aromatic rings. The summed E-state index contributed by atoms with van der Waals surface area (Å²) >= 11 is 6.14. The average Bonchev–Trinajstić information content (AvgIpc) is 2.61. The Bertz CT molecular complexity index is 1040. The molecule has 156 valence electrons. The second-order valence-corrected chi connectivity index (χ2v) is 10.1. The van der Waals surface area contributed by atoms with Crippen molar-refractivity contribution in [3.8, 4) is 0 Å². The van der Waals surface area contributed by atoms with Gasteiger partial charge in [-0.05, 0) is 38.5 Å². The van der Waals surface area contributed by atoms with Crippen LogP contribution in [0.15, 0.2) is 27.9 Å². The van der Waals surface area contributed by atoms with Crippen LogP contribution in [0.3, 0.4) is 0 Å². The highest BCUT2D eigenvalue weighted by atomic mass is 35.5. The van der Waals surface area contributed by atoms with Crippen molar-refractivity contribution in [2.24, 2.45) is 0 Å². The van der Waals surface area contributed by atoms with E-state index in [0.717, 1.165) is 6.42 Å². The third-order valence-corrected chi connectivity index (χ3v) is 7.93. The second-order valence-electron chi connectivity index (χ2n) is 5.94. The Morgan fingerprint density at radius 3 is 2.36 bits per heavy atom. The summed E-state index contributed by atoms with van der Waals surface area (Å²) in [5.74, 6) is 0. The number of H-pyrrole nitrogens is 1. The van der Waals surface area contributed by atoms with Crippen molar-refractivity contribution < 1.29 is 22.0 Å². The zero-order chi connectivity index (χ0) is 20.9. The highest BCUT2D eigenvalue weighted by Gasteiger charge is 2.31. The quantitative estimate of drug-likeness (QED) is 0.424. The van der Waals surface area contributed by atoms with Gasteiger partial charge in [-0.25, -0.2) is 13.1 Å². The molecule has 0 saturated heterocycles. The van der Waals surface area contributed by atoms with Crippen molar-refractivity contribution in [2.75, 3.05) is 19.8 Å². The third-order valence-electron chi connectivity index (χ3n) is 3.88. The van der Waals surface area contributed by atoms with Gasteiger partial charge in [0.05, 0.1) is 18.2 Å². The van der Waals surface area contributed by atoms with E-state index in [1.165, 1.54) is 18.2 Å². The molecule has 8 nitrogen and oxygen atoms in total. The molecule has 0 amide bonds. The van der Waals surface area contributed by atoms with Gasteiger partial charge in [-0.1, -0.05) is 24.9 Å². The summed E-state index contributed by atoms with van der Waals surface area (Å²) in [4.78, 5) is 14.9. The van der Waals surface area contributed by atoms with Gasteiger partial charge in [0, 0.05) is 17.4 Å². The van der Waals surface area contributed by atoms with E-state index in [9.17, 15) is 17.8 Å². The Hall–Kier alpha value is -1.22. The zero-order valence-corrected chi connectivity index (χ0v) is 18.4. The molecule has 0 atom stereocenters. The van der Waals surface area contributed by atoms with Crippen LogP contribution in [0.5, 0.6) is 0 Å². The number of aromatic amines is 1. The molecule has 0 fully saturated rings. The summed E-state index contributed by atoms with van der Waals surface area (Å²) in [7, 11) is -7.68. The number of hydrogen-bond donors (Lipinski definition) is 2. The molecule has 0 aliphatic carbocycles. The standard InChI is InChI=1S/C17H24ClN2O6PS/c1-4-7-8-19-28(23,24)16-10-12-9-15(27(22,25-5-2)26-6-3)17(21)20-14(12)11-13(16)18/h9-11,19H,4-8H2,1-3H3,(H,20,21). The molecule has 2 rings (SSSR count).